The zero-order chi connectivity index (χ0) is 17.4. The molecule has 6 nitrogen and oxygen atoms in total. The molecule has 0 atom stereocenters. The van der Waals surface area contributed by atoms with Gasteiger partial charge in [0.05, 0.1) is 16.2 Å². The number of benzene rings is 1. The molecule has 3 heterocycles. The predicted octanol–water partition coefficient (Wildman–Crippen LogP) is 3.80. The van der Waals surface area contributed by atoms with Gasteiger partial charge in [-0.2, -0.15) is 0 Å². The number of aromatic nitrogens is 5. The summed E-state index contributed by atoms with van der Waals surface area (Å²) in [7, 11) is 3.80. The van der Waals surface area contributed by atoms with Crippen LogP contribution in [0.1, 0.15) is 0 Å². The van der Waals surface area contributed by atoms with Crippen molar-refractivity contribution in [1.29, 1.82) is 0 Å². The van der Waals surface area contributed by atoms with Gasteiger partial charge in [0.1, 0.15) is 17.0 Å². The minimum Gasteiger partial charge on any atom is -0.347 e. The molecule has 0 aliphatic rings. The van der Waals surface area contributed by atoms with Crippen LogP contribution in [0.15, 0.2) is 48.8 Å². The molecule has 3 aromatic heterocycles. The maximum absolute atomic E-state index is 6.30. The molecule has 0 bridgehead atoms. The van der Waals surface area contributed by atoms with Gasteiger partial charge in [0, 0.05) is 32.1 Å². The fourth-order valence-electron chi connectivity index (χ4n) is 2.60. The Morgan fingerprint density at radius 2 is 1.76 bits per heavy atom. The second-order valence-corrected chi connectivity index (χ2v) is 6.16. The van der Waals surface area contributed by atoms with Crippen LogP contribution in [0, 0.1) is 0 Å². The van der Waals surface area contributed by atoms with Crippen LogP contribution in [0.4, 0.5) is 5.95 Å². The van der Waals surface area contributed by atoms with Gasteiger partial charge >= 0.3 is 0 Å². The lowest BCUT2D eigenvalue weighted by Gasteiger charge is -2.10. The summed E-state index contributed by atoms with van der Waals surface area (Å²) in [5.41, 5.74) is 3.91. The van der Waals surface area contributed by atoms with E-state index in [2.05, 4.69) is 19.9 Å². The SMILES string of the molecule is CN(C)c1nccc(-c2nccc3[nH]c(-c4ccccc4Cl)nc23)n1. The van der Waals surface area contributed by atoms with E-state index in [4.69, 9.17) is 16.6 Å². The molecular formula is C18H15ClN6. The lowest BCUT2D eigenvalue weighted by molar-refractivity contribution is 0.999. The lowest BCUT2D eigenvalue weighted by atomic mass is 10.2. The minimum atomic E-state index is 0.623. The van der Waals surface area contributed by atoms with E-state index in [1.165, 1.54) is 0 Å². The zero-order valence-electron chi connectivity index (χ0n) is 13.7. The van der Waals surface area contributed by atoms with Crippen LogP contribution in [0.25, 0.3) is 33.8 Å². The van der Waals surface area contributed by atoms with E-state index < -0.39 is 0 Å². The summed E-state index contributed by atoms with van der Waals surface area (Å²) in [4.78, 5) is 23.2. The molecule has 0 radical (unpaired) electrons. The van der Waals surface area contributed by atoms with Crippen LogP contribution in [0.3, 0.4) is 0 Å². The average Bonchev–Trinajstić information content (AvgIpc) is 3.06. The quantitative estimate of drug-likeness (QED) is 0.608. The normalized spacial score (nSPS) is 11.0. The summed E-state index contributed by atoms with van der Waals surface area (Å²) in [6.45, 7) is 0. The Balaban J connectivity index is 1.89. The Hall–Kier alpha value is -2.99. The van der Waals surface area contributed by atoms with Gasteiger partial charge < -0.3 is 9.88 Å². The van der Waals surface area contributed by atoms with Crippen molar-refractivity contribution in [2.45, 2.75) is 0 Å². The highest BCUT2D eigenvalue weighted by Gasteiger charge is 2.14. The Kier molecular flexibility index (Phi) is 3.82. The Morgan fingerprint density at radius 1 is 0.960 bits per heavy atom. The largest absolute Gasteiger partial charge is 0.347 e. The van der Waals surface area contributed by atoms with E-state index in [1.807, 2.05) is 55.4 Å². The average molecular weight is 351 g/mol. The molecule has 25 heavy (non-hydrogen) atoms. The van der Waals surface area contributed by atoms with Crippen molar-refractivity contribution >= 4 is 28.6 Å². The minimum absolute atomic E-state index is 0.623. The van der Waals surface area contributed by atoms with Crippen molar-refractivity contribution in [3.05, 3.63) is 53.8 Å². The van der Waals surface area contributed by atoms with Crippen LogP contribution >= 0.6 is 11.6 Å². The Labute approximate surface area is 149 Å². The van der Waals surface area contributed by atoms with E-state index in [0.29, 0.717) is 22.5 Å². The van der Waals surface area contributed by atoms with E-state index in [0.717, 1.165) is 22.3 Å². The lowest BCUT2D eigenvalue weighted by Crippen LogP contribution is -2.12. The van der Waals surface area contributed by atoms with Crippen molar-refractivity contribution in [3.8, 4) is 22.8 Å². The monoisotopic (exact) mass is 350 g/mol. The van der Waals surface area contributed by atoms with Gasteiger partial charge in [-0.05, 0) is 24.3 Å². The number of H-pyrrole nitrogens is 1. The molecule has 0 aliphatic carbocycles. The molecule has 0 aliphatic heterocycles. The summed E-state index contributed by atoms with van der Waals surface area (Å²) >= 11 is 6.30. The second kappa shape index (κ2) is 6.14. The van der Waals surface area contributed by atoms with Gasteiger partial charge in [0.25, 0.3) is 0 Å². The number of nitrogens with zero attached hydrogens (tertiary/aromatic N) is 5. The number of imidazole rings is 1. The third-order valence-electron chi connectivity index (χ3n) is 3.82. The fourth-order valence-corrected chi connectivity index (χ4v) is 2.82. The van der Waals surface area contributed by atoms with Gasteiger partial charge in [-0.1, -0.05) is 23.7 Å². The summed E-state index contributed by atoms with van der Waals surface area (Å²) < 4.78 is 0. The van der Waals surface area contributed by atoms with E-state index >= 15 is 0 Å². The molecule has 7 heteroatoms. The smallest absolute Gasteiger partial charge is 0.225 e. The molecule has 4 rings (SSSR count). The summed E-state index contributed by atoms with van der Waals surface area (Å²) in [5.74, 6) is 1.33. The standard InChI is InChI=1S/C18H15ClN6/c1-25(2)18-21-10-8-13(23-18)15-16-14(7-9-20-15)22-17(24-16)11-5-3-4-6-12(11)19/h3-10H,1-2H3,(H,22,24). The molecule has 0 fully saturated rings. The number of hydrogen-bond donors (Lipinski definition) is 1. The summed E-state index contributed by atoms with van der Waals surface area (Å²) in [6.07, 6.45) is 3.46. The van der Waals surface area contributed by atoms with Crippen LogP contribution < -0.4 is 4.90 Å². The van der Waals surface area contributed by atoms with E-state index in [1.54, 1.807) is 12.4 Å². The number of fused-ring (bicyclic) bond motifs is 1. The third-order valence-corrected chi connectivity index (χ3v) is 4.14. The first kappa shape index (κ1) is 15.5. The zero-order valence-corrected chi connectivity index (χ0v) is 14.5. The number of anilines is 1. The van der Waals surface area contributed by atoms with Crippen LogP contribution in [0.2, 0.25) is 5.02 Å². The second-order valence-electron chi connectivity index (χ2n) is 5.76. The number of pyridine rings is 1. The number of halogens is 1. The summed E-state index contributed by atoms with van der Waals surface area (Å²) in [6, 6.07) is 11.3. The first-order chi connectivity index (χ1) is 12.1. The van der Waals surface area contributed by atoms with Crippen LogP contribution in [0.5, 0.6) is 0 Å². The first-order valence-electron chi connectivity index (χ1n) is 7.74. The first-order valence-corrected chi connectivity index (χ1v) is 8.11. The number of nitrogens with one attached hydrogen (secondary N) is 1. The van der Waals surface area contributed by atoms with Gasteiger partial charge in [0.15, 0.2) is 0 Å². The van der Waals surface area contributed by atoms with Crippen molar-refractivity contribution in [2.75, 3.05) is 19.0 Å². The van der Waals surface area contributed by atoms with Gasteiger partial charge in [0.2, 0.25) is 5.95 Å². The van der Waals surface area contributed by atoms with Gasteiger partial charge in [-0.3, -0.25) is 4.98 Å². The predicted molar refractivity (Wildman–Crippen MR) is 99.7 cm³/mol. The van der Waals surface area contributed by atoms with Crippen molar-refractivity contribution in [1.82, 2.24) is 24.9 Å². The summed E-state index contributed by atoms with van der Waals surface area (Å²) in [5, 5.41) is 0.646. The van der Waals surface area contributed by atoms with Gasteiger partial charge in [-0.15, -0.1) is 0 Å². The molecule has 124 valence electrons. The number of hydrogen-bond acceptors (Lipinski definition) is 5. The molecule has 4 aromatic rings. The molecule has 1 aromatic carbocycles. The fraction of sp³-hybridized carbons (Fsp3) is 0.111. The molecule has 0 unspecified atom stereocenters. The molecule has 0 amide bonds. The highest BCUT2D eigenvalue weighted by molar-refractivity contribution is 6.33. The third kappa shape index (κ3) is 2.81. The number of aromatic amines is 1. The Bertz CT molecular complexity index is 1060. The van der Waals surface area contributed by atoms with Gasteiger partial charge in [-0.25, -0.2) is 15.0 Å². The van der Waals surface area contributed by atoms with E-state index in [9.17, 15) is 0 Å². The Morgan fingerprint density at radius 3 is 2.56 bits per heavy atom. The molecule has 0 saturated heterocycles. The van der Waals surface area contributed by atoms with Crippen LogP contribution in [-0.2, 0) is 0 Å². The molecule has 0 spiro atoms. The van der Waals surface area contributed by atoms with Crippen LogP contribution in [-0.4, -0.2) is 39.0 Å². The highest BCUT2D eigenvalue weighted by Crippen LogP contribution is 2.30. The molecule has 0 saturated carbocycles. The van der Waals surface area contributed by atoms with E-state index in [-0.39, 0.29) is 0 Å². The van der Waals surface area contributed by atoms with Crippen molar-refractivity contribution in [3.63, 3.8) is 0 Å². The highest BCUT2D eigenvalue weighted by atomic mass is 35.5. The maximum Gasteiger partial charge on any atom is 0.225 e. The van der Waals surface area contributed by atoms with Crippen molar-refractivity contribution < 1.29 is 0 Å². The van der Waals surface area contributed by atoms with Crippen molar-refractivity contribution in [2.24, 2.45) is 0 Å². The maximum atomic E-state index is 6.30. The topological polar surface area (TPSA) is 70.6 Å². The molecular weight excluding hydrogens is 336 g/mol. The molecule has 1 N–H and O–H groups in total. The number of rotatable bonds is 3.